The maximum atomic E-state index is 14.0. The second-order valence-corrected chi connectivity index (χ2v) is 10.1. The van der Waals surface area contributed by atoms with E-state index in [1.54, 1.807) is 12.1 Å². The van der Waals surface area contributed by atoms with E-state index in [2.05, 4.69) is 68.5 Å². The molecule has 198 valence electrons. The van der Waals surface area contributed by atoms with Gasteiger partial charge in [0.1, 0.15) is 11.5 Å². The van der Waals surface area contributed by atoms with Crippen LogP contribution in [0.15, 0.2) is 128 Å². The van der Waals surface area contributed by atoms with Crippen LogP contribution in [0, 0.1) is 5.82 Å². The van der Waals surface area contributed by atoms with E-state index in [4.69, 9.17) is 0 Å². The number of aromatic amines is 2. The van der Waals surface area contributed by atoms with E-state index in [-0.39, 0.29) is 5.82 Å². The molecule has 3 heterocycles. The number of benzene rings is 4. The number of anilines is 1. The normalized spacial score (nSPS) is 11.2. The van der Waals surface area contributed by atoms with Crippen molar-refractivity contribution in [3.05, 3.63) is 139 Å². The van der Waals surface area contributed by atoms with Gasteiger partial charge in [-0.1, -0.05) is 67.2 Å². The van der Waals surface area contributed by atoms with Crippen molar-refractivity contribution in [2.24, 2.45) is 0 Å². The maximum absolute atomic E-state index is 14.0. The highest BCUT2D eigenvalue weighted by Gasteiger charge is 2.15. The van der Waals surface area contributed by atoms with Gasteiger partial charge in [-0.2, -0.15) is 5.10 Å². The molecule has 3 aromatic heterocycles. The van der Waals surface area contributed by atoms with Crippen molar-refractivity contribution in [2.45, 2.75) is 6.42 Å². The average Bonchev–Trinajstić information content (AvgIpc) is 3.61. The lowest BCUT2D eigenvalue weighted by Crippen LogP contribution is -2.02. The van der Waals surface area contributed by atoms with Gasteiger partial charge in [0.25, 0.3) is 0 Å². The summed E-state index contributed by atoms with van der Waals surface area (Å²) in [7, 11) is 0. The highest BCUT2D eigenvalue weighted by Crippen LogP contribution is 2.35. The minimum Gasteiger partial charge on any atom is -0.358 e. The Morgan fingerprint density at radius 2 is 1.63 bits per heavy atom. The number of hydrogen-bond acceptors (Lipinski definition) is 3. The summed E-state index contributed by atoms with van der Waals surface area (Å²) in [4.78, 5) is 8.00. The van der Waals surface area contributed by atoms with Crippen LogP contribution in [0.1, 0.15) is 5.56 Å². The molecule has 7 rings (SSSR count). The first kappa shape index (κ1) is 24.5. The van der Waals surface area contributed by atoms with Crippen LogP contribution >= 0.6 is 0 Å². The molecular weight excluding hydrogens is 509 g/mol. The number of nitrogens with one attached hydrogen (secondary N) is 3. The van der Waals surface area contributed by atoms with Crippen LogP contribution in [0.2, 0.25) is 0 Å². The molecule has 4 aromatic carbocycles. The highest BCUT2D eigenvalue weighted by molar-refractivity contribution is 6.01. The second-order valence-electron chi connectivity index (χ2n) is 10.1. The molecule has 0 aliphatic rings. The molecule has 0 atom stereocenters. The Morgan fingerprint density at radius 3 is 2.51 bits per heavy atom. The van der Waals surface area contributed by atoms with Gasteiger partial charge < -0.3 is 10.3 Å². The molecule has 7 aromatic rings. The summed E-state index contributed by atoms with van der Waals surface area (Å²) in [5.74, 6) is -0.254. The van der Waals surface area contributed by atoms with Crippen LogP contribution in [0.4, 0.5) is 10.1 Å². The molecule has 6 heteroatoms. The van der Waals surface area contributed by atoms with Crippen molar-refractivity contribution < 1.29 is 4.39 Å². The number of halogens is 1. The number of pyridine rings is 1. The molecule has 0 unspecified atom stereocenters. The summed E-state index contributed by atoms with van der Waals surface area (Å²) in [5.41, 5.74) is 10.4. The lowest BCUT2D eigenvalue weighted by atomic mass is 10.0. The van der Waals surface area contributed by atoms with Crippen LogP contribution in [0.25, 0.3) is 55.4 Å². The van der Waals surface area contributed by atoms with Crippen molar-refractivity contribution in [1.82, 2.24) is 20.2 Å². The zero-order chi connectivity index (χ0) is 27.8. The first-order valence-electron chi connectivity index (χ1n) is 13.4. The highest BCUT2D eigenvalue weighted by atomic mass is 19.1. The molecule has 5 nitrogen and oxygen atoms in total. The van der Waals surface area contributed by atoms with Gasteiger partial charge >= 0.3 is 0 Å². The largest absolute Gasteiger partial charge is 0.358 e. The summed E-state index contributed by atoms with van der Waals surface area (Å²) >= 11 is 0. The van der Waals surface area contributed by atoms with Gasteiger partial charge in [-0.05, 0) is 64.7 Å². The summed E-state index contributed by atoms with van der Waals surface area (Å²) in [5, 5.41) is 13.2. The lowest BCUT2D eigenvalue weighted by Gasteiger charge is -2.11. The number of aromatic nitrogens is 4. The monoisotopic (exact) mass is 535 g/mol. The fourth-order valence-corrected chi connectivity index (χ4v) is 5.35. The van der Waals surface area contributed by atoms with Crippen LogP contribution in [0.3, 0.4) is 0 Å². The smallest absolute Gasteiger partial charge is 0.123 e. The minimum atomic E-state index is -0.254. The zero-order valence-corrected chi connectivity index (χ0v) is 22.2. The SMILES string of the molecule is C=C(Cc1ccccc1)Nc1cncc(-c2ccc3[nH]nc(-c4cc5c(-c6cccc(F)c6)cccc5[nH]4)c3c2)c1. The molecule has 0 bridgehead atoms. The summed E-state index contributed by atoms with van der Waals surface area (Å²) in [6.07, 6.45) is 4.41. The topological polar surface area (TPSA) is 69.4 Å². The van der Waals surface area contributed by atoms with E-state index in [0.29, 0.717) is 0 Å². The Hall–Kier alpha value is -5.49. The second kappa shape index (κ2) is 10.2. The molecule has 0 aliphatic heterocycles. The van der Waals surface area contributed by atoms with Crippen LogP contribution < -0.4 is 5.32 Å². The van der Waals surface area contributed by atoms with E-state index in [1.807, 2.05) is 60.9 Å². The average molecular weight is 536 g/mol. The van der Waals surface area contributed by atoms with Crippen molar-refractivity contribution >= 4 is 27.5 Å². The Labute approximate surface area is 236 Å². The van der Waals surface area contributed by atoms with Gasteiger partial charge in [-0.15, -0.1) is 0 Å². The summed E-state index contributed by atoms with van der Waals surface area (Å²) in [6.45, 7) is 4.20. The van der Waals surface area contributed by atoms with Crippen molar-refractivity contribution in [3.63, 3.8) is 0 Å². The molecule has 0 spiro atoms. The van der Waals surface area contributed by atoms with Gasteiger partial charge in [0.15, 0.2) is 0 Å². The number of fused-ring (bicyclic) bond motifs is 2. The summed E-state index contributed by atoms with van der Waals surface area (Å²) in [6, 6.07) is 33.4. The van der Waals surface area contributed by atoms with Crippen LogP contribution in [-0.4, -0.2) is 20.2 Å². The predicted octanol–water partition coefficient (Wildman–Crippen LogP) is 8.75. The first-order chi connectivity index (χ1) is 20.1. The molecule has 41 heavy (non-hydrogen) atoms. The van der Waals surface area contributed by atoms with Gasteiger partial charge in [-0.25, -0.2) is 4.39 Å². The molecular formula is C35H26FN5. The predicted molar refractivity (Wildman–Crippen MR) is 165 cm³/mol. The van der Waals surface area contributed by atoms with Gasteiger partial charge in [-0.3, -0.25) is 10.1 Å². The maximum Gasteiger partial charge on any atom is 0.123 e. The molecule has 3 N–H and O–H groups in total. The first-order valence-corrected chi connectivity index (χ1v) is 13.4. The van der Waals surface area contributed by atoms with E-state index in [9.17, 15) is 4.39 Å². The molecule has 0 aliphatic carbocycles. The van der Waals surface area contributed by atoms with E-state index >= 15 is 0 Å². The van der Waals surface area contributed by atoms with E-state index in [1.165, 1.54) is 11.6 Å². The molecule has 0 fully saturated rings. The quantitative estimate of drug-likeness (QED) is 0.191. The molecule has 0 radical (unpaired) electrons. The zero-order valence-electron chi connectivity index (χ0n) is 22.2. The lowest BCUT2D eigenvalue weighted by molar-refractivity contribution is 0.628. The Morgan fingerprint density at radius 1 is 0.756 bits per heavy atom. The van der Waals surface area contributed by atoms with Crippen molar-refractivity contribution in [1.29, 1.82) is 0 Å². The molecule has 0 saturated heterocycles. The van der Waals surface area contributed by atoms with Crippen molar-refractivity contribution in [3.8, 4) is 33.6 Å². The Balaban J connectivity index is 1.21. The van der Waals surface area contributed by atoms with Gasteiger partial charge in [0.2, 0.25) is 0 Å². The number of hydrogen-bond donors (Lipinski definition) is 3. The minimum absolute atomic E-state index is 0.254. The molecule has 0 saturated carbocycles. The number of nitrogens with zero attached hydrogens (tertiary/aromatic N) is 2. The van der Waals surface area contributed by atoms with E-state index in [0.717, 1.165) is 73.3 Å². The van der Waals surface area contributed by atoms with Crippen LogP contribution in [0.5, 0.6) is 0 Å². The van der Waals surface area contributed by atoms with Gasteiger partial charge in [0.05, 0.1) is 23.1 Å². The van der Waals surface area contributed by atoms with E-state index < -0.39 is 0 Å². The fraction of sp³-hybridized carbons (Fsp3) is 0.0286. The third kappa shape index (κ3) is 4.87. The third-order valence-corrected chi connectivity index (χ3v) is 7.27. The van der Waals surface area contributed by atoms with Crippen LogP contribution in [-0.2, 0) is 6.42 Å². The summed E-state index contributed by atoms with van der Waals surface area (Å²) < 4.78 is 14.0. The Kier molecular flexibility index (Phi) is 6.13. The Bertz CT molecular complexity index is 2040. The standard InChI is InChI=1S/C35H26FN5/c1-22(15-23-7-3-2-4-8-23)38-28-17-26(20-37-21-28)24-13-14-33-31(18-24)35(41-40-33)34-19-30-29(11-6-12-32(30)39-34)25-9-5-10-27(36)16-25/h2-14,16-21,38-39H,1,15H2,(H,40,41). The van der Waals surface area contributed by atoms with Gasteiger partial charge in [0, 0.05) is 40.2 Å². The molecule has 0 amide bonds. The third-order valence-electron chi connectivity index (χ3n) is 7.27. The fourth-order valence-electron chi connectivity index (χ4n) is 5.35. The number of allylic oxidation sites excluding steroid dienone is 1. The van der Waals surface area contributed by atoms with Crippen molar-refractivity contribution in [2.75, 3.05) is 5.32 Å². The number of H-pyrrole nitrogens is 2. The number of rotatable bonds is 7.